The molecule has 1 aromatic carbocycles. The molecule has 0 aliphatic carbocycles. The second-order valence-corrected chi connectivity index (χ2v) is 6.12. The first-order valence-corrected chi connectivity index (χ1v) is 8.81. The van der Waals surface area contributed by atoms with Gasteiger partial charge >= 0.3 is 0 Å². The Labute approximate surface area is 177 Å². The largest absolute Gasteiger partial charge is 0.490 e. The van der Waals surface area contributed by atoms with E-state index in [1.165, 1.54) is 5.69 Å². The van der Waals surface area contributed by atoms with Crippen LogP contribution in [0.1, 0.15) is 17.8 Å². The highest BCUT2D eigenvalue weighted by molar-refractivity contribution is 14.0. The zero-order valence-corrected chi connectivity index (χ0v) is 18.5. The van der Waals surface area contributed by atoms with Crippen molar-refractivity contribution in [3.8, 4) is 5.75 Å². The number of para-hydroxylation sites is 1. The van der Waals surface area contributed by atoms with Crippen molar-refractivity contribution >= 4 is 41.5 Å². The molecule has 0 atom stereocenters. The predicted molar refractivity (Wildman–Crippen MR) is 118 cm³/mol. The number of hydrogen-bond donors (Lipinski definition) is 2. The second kappa shape index (κ2) is 12.0. The van der Waals surface area contributed by atoms with Gasteiger partial charge in [0.2, 0.25) is 0 Å². The van der Waals surface area contributed by atoms with E-state index < -0.39 is 0 Å². The van der Waals surface area contributed by atoms with Crippen LogP contribution in [0.5, 0.6) is 5.75 Å². The Kier molecular flexibility index (Phi) is 10.4. The first kappa shape index (κ1) is 22.6. The van der Waals surface area contributed by atoms with Crippen LogP contribution < -0.4 is 15.4 Å². The van der Waals surface area contributed by atoms with Gasteiger partial charge in [-0.25, -0.2) is 0 Å². The molecule has 8 heteroatoms. The van der Waals surface area contributed by atoms with E-state index in [0.29, 0.717) is 23.9 Å². The van der Waals surface area contributed by atoms with Crippen LogP contribution in [0.3, 0.4) is 0 Å². The van der Waals surface area contributed by atoms with Crippen molar-refractivity contribution in [1.82, 2.24) is 20.4 Å². The van der Waals surface area contributed by atoms with Crippen molar-refractivity contribution in [2.75, 3.05) is 26.7 Å². The van der Waals surface area contributed by atoms with E-state index >= 15 is 0 Å². The van der Waals surface area contributed by atoms with Gasteiger partial charge < -0.3 is 15.4 Å². The maximum absolute atomic E-state index is 6.05. The minimum atomic E-state index is 0. The zero-order valence-electron chi connectivity index (χ0n) is 15.5. The Bertz CT molecular complexity index is 705. The number of nitrogens with one attached hydrogen (secondary N) is 2. The molecule has 2 rings (SSSR count). The molecule has 0 bridgehead atoms. The van der Waals surface area contributed by atoms with Crippen molar-refractivity contribution in [2.24, 2.45) is 4.99 Å². The first-order valence-electron chi connectivity index (χ1n) is 8.43. The maximum Gasteiger partial charge on any atom is 0.191 e. The third kappa shape index (κ3) is 7.41. The van der Waals surface area contributed by atoms with E-state index in [1.54, 1.807) is 7.05 Å². The van der Waals surface area contributed by atoms with Crippen LogP contribution in [0, 0.1) is 13.8 Å². The molecular formula is C18H27ClIN5O. The molecule has 0 radical (unpaired) electrons. The monoisotopic (exact) mass is 491 g/mol. The number of hydrogen-bond acceptors (Lipinski definition) is 3. The molecule has 2 aromatic rings. The van der Waals surface area contributed by atoms with Crippen LogP contribution in [0.25, 0.3) is 0 Å². The molecule has 26 heavy (non-hydrogen) atoms. The normalized spacial score (nSPS) is 11.0. The summed E-state index contributed by atoms with van der Waals surface area (Å²) in [4.78, 5) is 4.21. The Hall–Kier alpha value is -1.48. The molecule has 0 unspecified atom stereocenters. The molecule has 0 saturated carbocycles. The summed E-state index contributed by atoms with van der Waals surface area (Å²) in [6.45, 7) is 6.95. The molecule has 1 aromatic heterocycles. The van der Waals surface area contributed by atoms with Gasteiger partial charge in [0.25, 0.3) is 0 Å². The van der Waals surface area contributed by atoms with Gasteiger partial charge in [-0.3, -0.25) is 9.67 Å². The highest BCUT2D eigenvalue weighted by Gasteiger charge is 2.02. The molecule has 0 amide bonds. The Morgan fingerprint density at radius 2 is 1.96 bits per heavy atom. The lowest BCUT2D eigenvalue weighted by atomic mass is 10.3. The maximum atomic E-state index is 6.05. The summed E-state index contributed by atoms with van der Waals surface area (Å²) in [6.07, 6.45) is 0.971. The molecule has 144 valence electrons. The van der Waals surface area contributed by atoms with E-state index in [0.717, 1.165) is 31.2 Å². The van der Waals surface area contributed by atoms with Crippen molar-refractivity contribution < 1.29 is 4.74 Å². The number of halogens is 2. The number of benzene rings is 1. The zero-order chi connectivity index (χ0) is 18.1. The summed E-state index contributed by atoms with van der Waals surface area (Å²) in [5, 5.41) is 11.6. The van der Waals surface area contributed by atoms with Gasteiger partial charge in [-0.2, -0.15) is 5.10 Å². The molecule has 0 aliphatic heterocycles. The van der Waals surface area contributed by atoms with Crippen molar-refractivity contribution in [3.05, 3.63) is 46.7 Å². The summed E-state index contributed by atoms with van der Waals surface area (Å²) < 4.78 is 7.67. The Balaban J connectivity index is 0.00000338. The summed E-state index contributed by atoms with van der Waals surface area (Å²) >= 11 is 6.05. The van der Waals surface area contributed by atoms with E-state index in [1.807, 2.05) is 35.9 Å². The van der Waals surface area contributed by atoms with E-state index in [9.17, 15) is 0 Å². The molecule has 6 nitrogen and oxygen atoms in total. The van der Waals surface area contributed by atoms with Gasteiger partial charge in [0.05, 0.1) is 17.3 Å². The number of aromatic nitrogens is 2. The van der Waals surface area contributed by atoms with Gasteiger partial charge in [0.15, 0.2) is 5.96 Å². The smallest absolute Gasteiger partial charge is 0.191 e. The van der Waals surface area contributed by atoms with Crippen LogP contribution in [0.15, 0.2) is 35.3 Å². The minimum absolute atomic E-state index is 0. The Morgan fingerprint density at radius 3 is 2.62 bits per heavy atom. The third-order valence-electron chi connectivity index (χ3n) is 3.65. The number of rotatable bonds is 8. The number of aliphatic imine (C=N–C) groups is 1. The van der Waals surface area contributed by atoms with Crippen LogP contribution in [0.4, 0.5) is 0 Å². The van der Waals surface area contributed by atoms with Gasteiger partial charge in [0, 0.05) is 25.8 Å². The van der Waals surface area contributed by atoms with Gasteiger partial charge in [-0.1, -0.05) is 23.7 Å². The second-order valence-electron chi connectivity index (χ2n) is 5.71. The average Bonchev–Trinajstić information content (AvgIpc) is 2.92. The number of guanidine groups is 1. The lowest BCUT2D eigenvalue weighted by molar-refractivity contribution is 0.322. The van der Waals surface area contributed by atoms with Crippen molar-refractivity contribution in [2.45, 2.75) is 26.8 Å². The quantitative estimate of drug-likeness (QED) is 0.257. The van der Waals surface area contributed by atoms with E-state index in [4.69, 9.17) is 16.3 Å². The summed E-state index contributed by atoms with van der Waals surface area (Å²) in [6, 6.07) is 9.54. The molecule has 0 fully saturated rings. The fourth-order valence-electron chi connectivity index (χ4n) is 2.45. The third-order valence-corrected chi connectivity index (χ3v) is 3.97. The topological polar surface area (TPSA) is 63.5 Å². The average molecular weight is 492 g/mol. The van der Waals surface area contributed by atoms with Gasteiger partial charge in [-0.05, 0) is 38.5 Å². The summed E-state index contributed by atoms with van der Waals surface area (Å²) in [5.74, 6) is 1.45. The van der Waals surface area contributed by atoms with E-state index in [2.05, 4.69) is 33.7 Å². The summed E-state index contributed by atoms with van der Waals surface area (Å²) in [5.41, 5.74) is 2.25. The van der Waals surface area contributed by atoms with Crippen LogP contribution in [0.2, 0.25) is 5.02 Å². The first-order chi connectivity index (χ1) is 12.1. The Morgan fingerprint density at radius 1 is 1.23 bits per heavy atom. The van der Waals surface area contributed by atoms with Crippen molar-refractivity contribution in [3.63, 3.8) is 0 Å². The lowest BCUT2D eigenvalue weighted by Gasteiger charge is -2.13. The van der Waals surface area contributed by atoms with Gasteiger partial charge in [0.1, 0.15) is 12.4 Å². The SMILES string of the molecule is CN=C(NCCCn1nc(C)cc1C)NCCOc1ccccc1Cl.I. The van der Waals surface area contributed by atoms with Crippen LogP contribution in [-0.2, 0) is 6.54 Å². The van der Waals surface area contributed by atoms with Crippen LogP contribution in [-0.4, -0.2) is 42.5 Å². The fourth-order valence-corrected chi connectivity index (χ4v) is 2.64. The molecule has 0 saturated heterocycles. The number of ether oxygens (including phenoxy) is 1. The van der Waals surface area contributed by atoms with Crippen LogP contribution >= 0.6 is 35.6 Å². The highest BCUT2D eigenvalue weighted by atomic mass is 127. The molecule has 0 spiro atoms. The van der Waals surface area contributed by atoms with Gasteiger partial charge in [-0.15, -0.1) is 24.0 Å². The molecular weight excluding hydrogens is 465 g/mol. The lowest BCUT2D eigenvalue weighted by Crippen LogP contribution is -2.39. The van der Waals surface area contributed by atoms with Crippen molar-refractivity contribution in [1.29, 1.82) is 0 Å². The number of aryl methyl sites for hydroxylation is 3. The fraction of sp³-hybridized carbons (Fsp3) is 0.444. The standard InChI is InChI=1S/C18H26ClN5O.HI/c1-14-13-15(2)24(23-14)11-6-9-21-18(20-3)22-10-12-25-17-8-5-4-7-16(17)19;/h4-5,7-8,13H,6,9-12H2,1-3H3,(H2,20,21,22);1H. The predicted octanol–water partition coefficient (Wildman–Crippen LogP) is 3.41. The molecule has 1 heterocycles. The molecule has 2 N–H and O–H groups in total. The number of nitrogens with zero attached hydrogens (tertiary/aromatic N) is 3. The summed E-state index contributed by atoms with van der Waals surface area (Å²) in [7, 11) is 1.76. The van der Waals surface area contributed by atoms with E-state index in [-0.39, 0.29) is 24.0 Å². The highest BCUT2D eigenvalue weighted by Crippen LogP contribution is 2.22. The minimum Gasteiger partial charge on any atom is -0.490 e. The molecule has 0 aliphatic rings.